The van der Waals surface area contributed by atoms with Gasteiger partial charge in [0.2, 0.25) is 5.91 Å². The number of hydrogen-bond acceptors (Lipinski definition) is 3. The molecule has 0 spiro atoms. The van der Waals surface area contributed by atoms with Crippen molar-refractivity contribution in [3.63, 3.8) is 0 Å². The van der Waals surface area contributed by atoms with E-state index in [4.69, 9.17) is 4.42 Å². The Morgan fingerprint density at radius 2 is 1.50 bits per heavy atom. The molecular formula is C27H25FN2O2. The summed E-state index contributed by atoms with van der Waals surface area (Å²) in [6.07, 6.45) is 2.94. The molecule has 0 aliphatic rings. The molecule has 162 valence electrons. The van der Waals surface area contributed by atoms with Crippen molar-refractivity contribution in [2.75, 3.05) is 6.54 Å². The van der Waals surface area contributed by atoms with Crippen molar-refractivity contribution in [1.82, 2.24) is 9.88 Å². The number of amides is 1. The topological polar surface area (TPSA) is 46.3 Å². The van der Waals surface area contributed by atoms with E-state index >= 15 is 0 Å². The molecule has 0 unspecified atom stereocenters. The van der Waals surface area contributed by atoms with Crippen LogP contribution in [-0.2, 0) is 24.2 Å². The van der Waals surface area contributed by atoms with Gasteiger partial charge < -0.3 is 9.32 Å². The van der Waals surface area contributed by atoms with Gasteiger partial charge in [0.05, 0.1) is 11.8 Å². The van der Waals surface area contributed by atoms with Gasteiger partial charge >= 0.3 is 0 Å². The summed E-state index contributed by atoms with van der Waals surface area (Å²) in [6.45, 7) is 1.18. The molecular weight excluding hydrogens is 403 g/mol. The molecule has 4 nitrogen and oxygen atoms in total. The van der Waals surface area contributed by atoms with Crippen molar-refractivity contribution < 1.29 is 13.6 Å². The molecule has 32 heavy (non-hydrogen) atoms. The van der Waals surface area contributed by atoms with Crippen LogP contribution in [0, 0.1) is 5.82 Å². The van der Waals surface area contributed by atoms with Gasteiger partial charge in [0.1, 0.15) is 5.82 Å². The molecule has 1 aromatic heterocycles. The molecule has 0 atom stereocenters. The van der Waals surface area contributed by atoms with Gasteiger partial charge in [-0.3, -0.25) is 4.79 Å². The Morgan fingerprint density at radius 3 is 2.22 bits per heavy atom. The van der Waals surface area contributed by atoms with E-state index in [1.165, 1.54) is 17.8 Å². The third-order valence-corrected chi connectivity index (χ3v) is 5.33. The van der Waals surface area contributed by atoms with Crippen LogP contribution in [0.15, 0.2) is 95.5 Å². The zero-order valence-corrected chi connectivity index (χ0v) is 17.8. The Bertz CT molecular complexity index is 1140. The summed E-state index contributed by atoms with van der Waals surface area (Å²) >= 11 is 0. The van der Waals surface area contributed by atoms with E-state index in [0.717, 1.165) is 12.0 Å². The molecule has 0 N–H and O–H groups in total. The van der Waals surface area contributed by atoms with Crippen molar-refractivity contribution in [3.05, 3.63) is 114 Å². The second-order valence-corrected chi connectivity index (χ2v) is 7.63. The van der Waals surface area contributed by atoms with Crippen LogP contribution in [-0.4, -0.2) is 22.3 Å². The lowest BCUT2D eigenvalue weighted by molar-refractivity contribution is -0.131. The number of carbonyl (C=O) groups excluding carboxylic acids is 1. The fraction of sp³-hybridized carbons (Fsp3) is 0.185. The van der Waals surface area contributed by atoms with Gasteiger partial charge in [0.15, 0.2) is 11.7 Å². The lowest BCUT2D eigenvalue weighted by atomic mass is 10.1. The second-order valence-electron chi connectivity index (χ2n) is 7.63. The van der Waals surface area contributed by atoms with Crippen LogP contribution >= 0.6 is 0 Å². The monoisotopic (exact) mass is 428 g/mol. The second kappa shape index (κ2) is 10.5. The van der Waals surface area contributed by atoms with Crippen molar-refractivity contribution in [3.8, 4) is 11.3 Å². The van der Waals surface area contributed by atoms with E-state index in [9.17, 15) is 9.18 Å². The van der Waals surface area contributed by atoms with Gasteiger partial charge in [-0.2, -0.15) is 0 Å². The number of aryl methyl sites for hydroxylation is 1. The highest BCUT2D eigenvalue weighted by molar-refractivity contribution is 5.76. The van der Waals surface area contributed by atoms with Crippen LogP contribution in [0.25, 0.3) is 11.3 Å². The number of halogens is 1. The normalized spacial score (nSPS) is 10.8. The maximum absolute atomic E-state index is 14.0. The van der Waals surface area contributed by atoms with Gasteiger partial charge in [-0.25, -0.2) is 9.37 Å². The molecule has 5 heteroatoms. The SMILES string of the molecule is O=C(CCc1ncc(-c2ccccc2F)o1)N(CCc1ccccc1)Cc1ccccc1. The van der Waals surface area contributed by atoms with Crippen molar-refractivity contribution >= 4 is 5.91 Å². The van der Waals surface area contributed by atoms with Crippen LogP contribution in [0.4, 0.5) is 4.39 Å². The van der Waals surface area contributed by atoms with Gasteiger partial charge in [0, 0.05) is 25.9 Å². The fourth-order valence-electron chi connectivity index (χ4n) is 3.59. The maximum atomic E-state index is 14.0. The average Bonchev–Trinajstić information content (AvgIpc) is 3.30. The summed E-state index contributed by atoms with van der Waals surface area (Å²) < 4.78 is 19.7. The Morgan fingerprint density at radius 1 is 0.844 bits per heavy atom. The molecule has 0 radical (unpaired) electrons. The molecule has 0 fully saturated rings. The molecule has 4 rings (SSSR count). The summed E-state index contributed by atoms with van der Waals surface area (Å²) in [4.78, 5) is 19.2. The summed E-state index contributed by atoms with van der Waals surface area (Å²) in [5.74, 6) is 0.478. The van der Waals surface area contributed by atoms with Crippen molar-refractivity contribution in [2.24, 2.45) is 0 Å². The third kappa shape index (κ3) is 5.70. The standard InChI is InChI=1S/C27H25FN2O2/c28-24-14-8-7-13-23(24)25-19-29-26(32-25)15-16-27(31)30(20-22-11-5-2-6-12-22)18-17-21-9-3-1-4-10-21/h1-14,19H,15-18,20H2. The summed E-state index contributed by atoms with van der Waals surface area (Å²) in [5.41, 5.74) is 2.65. The van der Waals surface area contributed by atoms with E-state index in [1.54, 1.807) is 18.2 Å². The lowest BCUT2D eigenvalue weighted by Gasteiger charge is -2.23. The van der Waals surface area contributed by atoms with Gasteiger partial charge in [0.25, 0.3) is 0 Å². The van der Waals surface area contributed by atoms with Crippen LogP contribution in [0.5, 0.6) is 0 Å². The molecule has 1 heterocycles. The molecule has 0 aliphatic carbocycles. The Balaban J connectivity index is 1.41. The number of nitrogens with zero attached hydrogens (tertiary/aromatic N) is 2. The zero-order valence-electron chi connectivity index (χ0n) is 17.8. The van der Waals surface area contributed by atoms with E-state index < -0.39 is 0 Å². The van der Waals surface area contributed by atoms with Crippen LogP contribution in [0.2, 0.25) is 0 Å². The van der Waals surface area contributed by atoms with E-state index in [0.29, 0.717) is 36.7 Å². The number of carbonyl (C=O) groups is 1. The van der Waals surface area contributed by atoms with Crippen LogP contribution in [0.1, 0.15) is 23.4 Å². The van der Waals surface area contributed by atoms with Crippen molar-refractivity contribution in [2.45, 2.75) is 25.8 Å². The highest BCUT2D eigenvalue weighted by atomic mass is 19.1. The molecule has 0 saturated heterocycles. The van der Waals surface area contributed by atoms with E-state index in [1.807, 2.05) is 53.4 Å². The van der Waals surface area contributed by atoms with Crippen LogP contribution < -0.4 is 0 Å². The van der Waals surface area contributed by atoms with Gasteiger partial charge in [-0.15, -0.1) is 0 Å². The molecule has 1 amide bonds. The Hall–Kier alpha value is -3.73. The zero-order chi connectivity index (χ0) is 22.2. The first-order valence-corrected chi connectivity index (χ1v) is 10.7. The van der Waals surface area contributed by atoms with Crippen LogP contribution in [0.3, 0.4) is 0 Å². The van der Waals surface area contributed by atoms with Gasteiger partial charge in [-0.05, 0) is 29.7 Å². The molecule has 3 aromatic carbocycles. The largest absolute Gasteiger partial charge is 0.441 e. The summed E-state index contributed by atoms with van der Waals surface area (Å²) in [5, 5.41) is 0. The number of benzene rings is 3. The first-order valence-electron chi connectivity index (χ1n) is 10.7. The lowest BCUT2D eigenvalue weighted by Crippen LogP contribution is -2.32. The predicted molar refractivity (Wildman–Crippen MR) is 122 cm³/mol. The van der Waals surface area contributed by atoms with Gasteiger partial charge in [-0.1, -0.05) is 72.8 Å². The first-order chi connectivity index (χ1) is 15.7. The minimum absolute atomic E-state index is 0.0374. The summed E-state index contributed by atoms with van der Waals surface area (Å²) in [6, 6.07) is 26.5. The smallest absolute Gasteiger partial charge is 0.223 e. The minimum Gasteiger partial charge on any atom is -0.441 e. The number of hydrogen-bond donors (Lipinski definition) is 0. The average molecular weight is 429 g/mol. The predicted octanol–water partition coefficient (Wildman–Crippen LogP) is 5.68. The Kier molecular flexibility index (Phi) is 7.08. The highest BCUT2D eigenvalue weighted by Crippen LogP contribution is 2.23. The number of rotatable bonds is 9. The fourth-order valence-corrected chi connectivity index (χ4v) is 3.59. The quantitative estimate of drug-likeness (QED) is 0.344. The maximum Gasteiger partial charge on any atom is 0.223 e. The minimum atomic E-state index is -0.360. The molecule has 0 saturated carbocycles. The molecule has 0 bridgehead atoms. The number of aromatic nitrogens is 1. The first kappa shape index (κ1) is 21.5. The van der Waals surface area contributed by atoms with E-state index in [-0.39, 0.29) is 18.1 Å². The number of oxazole rings is 1. The summed E-state index contributed by atoms with van der Waals surface area (Å²) in [7, 11) is 0. The highest BCUT2D eigenvalue weighted by Gasteiger charge is 2.17. The molecule has 0 aliphatic heterocycles. The molecule has 4 aromatic rings. The Labute approximate surface area is 187 Å². The van der Waals surface area contributed by atoms with Crippen molar-refractivity contribution in [1.29, 1.82) is 0 Å². The van der Waals surface area contributed by atoms with E-state index in [2.05, 4.69) is 17.1 Å². The third-order valence-electron chi connectivity index (χ3n) is 5.33.